The predicted molar refractivity (Wildman–Crippen MR) is 93.0 cm³/mol. The van der Waals surface area contributed by atoms with Crippen molar-refractivity contribution >= 4 is 14.0 Å². The first kappa shape index (κ1) is 16.5. The van der Waals surface area contributed by atoms with Gasteiger partial charge in [-0.25, -0.2) is 0 Å². The standard InChI is InChI=1S/C17H30N2OSi/c1-17(2,3)21(4,5)20-11-10-19-9-8-14-12-16(18)7-6-15(14)13-19/h6-7,12H,8-11,13,18H2,1-5H3. The van der Waals surface area contributed by atoms with Crippen LogP contribution in [0.25, 0.3) is 0 Å². The van der Waals surface area contributed by atoms with Gasteiger partial charge < -0.3 is 10.2 Å². The molecule has 0 amide bonds. The number of anilines is 1. The second kappa shape index (κ2) is 6.11. The molecule has 2 rings (SSSR count). The molecule has 0 bridgehead atoms. The molecule has 2 N–H and O–H groups in total. The summed E-state index contributed by atoms with van der Waals surface area (Å²) in [5, 5.41) is 0.291. The quantitative estimate of drug-likeness (QED) is 0.681. The van der Waals surface area contributed by atoms with Crippen LogP contribution >= 0.6 is 0 Å². The second-order valence-electron chi connectivity index (χ2n) is 7.66. The fourth-order valence-corrected chi connectivity index (χ4v) is 3.50. The Kier molecular flexibility index (Phi) is 4.81. The molecule has 1 aliphatic rings. The van der Waals surface area contributed by atoms with E-state index in [4.69, 9.17) is 10.2 Å². The SMILES string of the molecule is CC(C)(C)[Si](C)(C)OCCN1CCc2cc(N)ccc2C1. The zero-order valence-electron chi connectivity index (χ0n) is 14.2. The van der Waals surface area contributed by atoms with E-state index in [1.165, 1.54) is 11.1 Å². The van der Waals surface area contributed by atoms with Crippen molar-refractivity contribution in [2.24, 2.45) is 0 Å². The molecule has 118 valence electrons. The molecular formula is C17H30N2OSi. The van der Waals surface area contributed by atoms with Crippen molar-refractivity contribution in [1.29, 1.82) is 0 Å². The van der Waals surface area contributed by atoms with Crippen molar-refractivity contribution in [1.82, 2.24) is 4.90 Å². The van der Waals surface area contributed by atoms with Crippen LogP contribution in [0.1, 0.15) is 31.9 Å². The van der Waals surface area contributed by atoms with E-state index in [0.29, 0.717) is 5.04 Å². The Morgan fingerprint density at radius 2 is 1.95 bits per heavy atom. The van der Waals surface area contributed by atoms with Crippen molar-refractivity contribution in [3.63, 3.8) is 0 Å². The largest absolute Gasteiger partial charge is 0.416 e. The molecule has 0 spiro atoms. The topological polar surface area (TPSA) is 38.5 Å². The number of nitrogens with two attached hydrogens (primary N) is 1. The van der Waals surface area contributed by atoms with E-state index >= 15 is 0 Å². The smallest absolute Gasteiger partial charge is 0.192 e. The van der Waals surface area contributed by atoms with Gasteiger partial charge >= 0.3 is 0 Å². The average molecular weight is 307 g/mol. The van der Waals surface area contributed by atoms with Crippen LogP contribution in [0.4, 0.5) is 5.69 Å². The summed E-state index contributed by atoms with van der Waals surface area (Å²) in [6.45, 7) is 15.5. The Bertz CT molecular complexity index is 494. The maximum atomic E-state index is 6.28. The van der Waals surface area contributed by atoms with Crippen LogP contribution in [0.5, 0.6) is 0 Å². The normalized spacial score (nSPS) is 16.8. The maximum absolute atomic E-state index is 6.28. The summed E-state index contributed by atoms with van der Waals surface area (Å²) >= 11 is 0. The summed E-state index contributed by atoms with van der Waals surface area (Å²) in [6, 6.07) is 6.30. The molecule has 1 heterocycles. The van der Waals surface area contributed by atoms with Gasteiger partial charge in [0.15, 0.2) is 8.32 Å². The van der Waals surface area contributed by atoms with Crippen molar-refractivity contribution in [3.05, 3.63) is 29.3 Å². The fourth-order valence-electron chi connectivity index (χ4n) is 2.47. The van der Waals surface area contributed by atoms with Gasteiger partial charge in [0.2, 0.25) is 0 Å². The minimum absolute atomic E-state index is 0.291. The highest BCUT2D eigenvalue weighted by atomic mass is 28.4. The van der Waals surface area contributed by atoms with Gasteiger partial charge in [0.25, 0.3) is 0 Å². The lowest BCUT2D eigenvalue weighted by Gasteiger charge is -2.37. The molecule has 1 aromatic rings. The zero-order chi connectivity index (χ0) is 15.7. The van der Waals surface area contributed by atoms with Gasteiger partial charge in [0, 0.05) is 31.9 Å². The molecule has 0 unspecified atom stereocenters. The third kappa shape index (κ3) is 4.08. The lowest BCUT2D eigenvalue weighted by atomic mass is 9.99. The van der Waals surface area contributed by atoms with Crippen molar-refractivity contribution < 1.29 is 4.43 Å². The predicted octanol–water partition coefficient (Wildman–Crippen LogP) is 3.65. The number of hydrogen-bond acceptors (Lipinski definition) is 3. The first-order chi connectivity index (χ1) is 9.69. The summed E-state index contributed by atoms with van der Waals surface area (Å²) in [7, 11) is -1.61. The van der Waals surface area contributed by atoms with E-state index in [1.807, 2.05) is 6.07 Å². The van der Waals surface area contributed by atoms with Gasteiger partial charge in [-0.3, -0.25) is 4.90 Å². The second-order valence-corrected chi connectivity index (χ2v) is 12.5. The average Bonchev–Trinajstić information content (AvgIpc) is 2.37. The van der Waals surface area contributed by atoms with Crippen molar-refractivity contribution in [2.45, 2.75) is 51.9 Å². The Morgan fingerprint density at radius 3 is 2.62 bits per heavy atom. The van der Waals surface area contributed by atoms with Crippen LogP contribution in [0, 0.1) is 0 Å². The molecule has 1 aliphatic heterocycles. The zero-order valence-corrected chi connectivity index (χ0v) is 15.2. The molecule has 0 atom stereocenters. The van der Waals surface area contributed by atoms with Crippen LogP contribution in [0.15, 0.2) is 18.2 Å². The maximum Gasteiger partial charge on any atom is 0.192 e. The molecule has 0 radical (unpaired) electrons. The van der Waals surface area contributed by atoms with Crippen LogP contribution < -0.4 is 5.73 Å². The van der Waals surface area contributed by atoms with Crippen molar-refractivity contribution in [3.8, 4) is 0 Å². The van der Waals surface area contributed by atoms with Crippen LogP contribution in [0.3, 0.4) is 0 Å². The molecule has 0 saturated heterocycles. The first-order valence-electron chi connectivity index (χ1n) is 7.93. The molecule has 1 aromatic carbocycles. The third-order valence-electron chi connectivity index (χ3n) is 5.00. The third-order valence-corrected chi connectivity index (χ3v) is 9.54. The number of nitrogens with zero attached hydrogens (tertiary/aromatic N) is 1. The Morgan fingerprint density at radius 1 is 1.24 bits per heavy atom. The highest BCUT2D eigenvalue weighted by Crippen LogP contribution is 2.36. The Balaban J connectivity index is 1.85. The van der Waals surface area contributed by atoms with E-state index in [2.05, 4.69) is 50.9 Å². The molecule has 0 saturated carbocycles. The Hall–Kier alpha value is -0.843. The lowest BCUT2D eigenvalue weighted by molar-refractivity contribution is 0.187. The number of nitrogen functional groups attached to an aromatic ring is 1. The van der Waals surface area contributed by atoms with E-state index in [9.17, 15) is 0 Å². The summed E-state index contributed by atoms with van der Waals surface area (Å²) < 4.78 is 6.28. The molecular weight excluding hydrogens is 276 g/mol. The highest BCUT2D eigenvalue weighted by Gasteiger charge is 2.37. The molecule has 0 aromatic heterocycles. The van der Waals surface area contributed by atoms with Gasteiger partial charge in [0.05, 0.1) is 0 Å². The fraction of sp³-hybridized carbons (Fsp3) is 0.647. The number of fused-ring (bicyclic) bond motifs is 1. The van der Waals surface area contributed by atoms with Crippen LogP contribution in [-0.2, 0) is 17.4 Å². The lowest BCUT2D eigenvalue weighted by Crippen LogP contribution is -2.43. The van der Waals surface area contributed by atoms with Gasteiger partial charge in [-0.1, -0.05) is 26.8 Å². The summed E-state index contributed by atoms with van der Waals surface area (Å²) in [5.74, 6) is 0. The molecule has 21 heavy (non-hydrogen) atoms. The summed E-state index contributed by atoms with van der Waals surface area (Å²) in [5.41, 5.74) is 9.57. The van der Waals surface area contributed by atoms with Crippen LogP contribution in [-0.4, -0.2) is 32.9 Å². The monoisotopic (exact) mass is 306 g/mol. The number of benzene rings is 1. The molecule has 4 heteroatoms. The minimum Gasteiger partial charge on any atom is -0.416 e. The molecule has 3 nitrogen and oxygen atoms in total. The van der Waals surface area contributed by atoms with Gasteiger partial charge in [-0.05, 0) is 47.8 Å². The summed E-state index contributed by atoms with van der Waals surface area (Å²) in [4.78, 5) is 2.49. The first-order valence-corrected chi connectivity index (χ1v) is 10.8. The molecule has 0 fully saturated rings. The van der Waals surface area contributed by atoms with E-state index < -0.39 is 8.32 Å². The van der Waals surface area contributed by atoms with Gasteiger partial charge in [0.1, 0.15) is 0 Å². The van der Waals surface area contributed by atoms with E-state index in [-0.39, 0.29) is 0 Å². The Labute approximate surface area is 130 Å². The van der Waals surface area contributed by atoms with Crippen molar-refractivity contribution in [2.75, 3.05) is 25.4 Å². The van der Waals surface area contributed by atoms with Crippen LogP contribution in [0.2, 0.25) is 18.1 Å². The van der Waals surface area contributed by atoms with E-state index in [1.54, 1.807) is 0 Å². The molecule has 0 aliphatic carbocycles. The van der Waals surface area contributed by atoms with Gasteiger partial charge in [-0.15, -0.1) is 0 Å². The minimum atomic E-state index is -1.61. The number of rotatable bonds is 4. The highest BCUT2D eigenvalue weighted by molar-refractivity contribution is 6.74. The number of hydrogen-bond donors (Lipinski definition) is 1. The summed E-state index contributed by atoms with van der Waals surface area (Å²) in [6.07, 6.45) is 1.10. The van der Waals surface area contributed by atoms with Gasteiger partial charge in [-0.2, -0.15) is 0 Å². The van der Waals surface area contributed by atoms with E-state index in [0.717, 1.165) is 38.3 Å².